The van der Waals surface area contributed by atoms with Gasteiger partial charge in [0.15, 0.2) is 5.69 Å². The molecule has 1 aliphatic carbocycles. The van der Waals surface area contributed by atoms with E-state index in [1.54, 1.807) is 12.1 Å². The van der Waals surface area contributed by atoms with E-state index in [0.29, 0.717) is 45.9 Å². The minimum Gasteiger partial charge on any atom is -0.591 e. The Labute approximate surface area is 237 Å². The Kier molecular flexibility index (Phi) is 7.21. The highest BCUT2D eigenvalue weighted by atomic mass is 35.5. The fourth-order valence-corrected chi connectivity index (χ4v) is 6.48. The Balaban J connectivity index is 1.45. The van der Waals surface area contributed by atoms with Crippen LogP contribution in [0.15, 0.2) is 46.9 Å². The number of hydrogen-bond donors (Lipinski definition) is 0. The van der Waals surface area contributed by atoms with Gasteiger partial charge < -0.3 is 9.45 Å². The van der Waals surface area contributed by atoms with E-state index in [9.17, 15) is 9.81 Å². The molecule has 1 aliphatic heterocycles. The average Bonchev–Trinajstić information content (AvgIpc) is 3.17. The largest absolute Gasteiger partial charge is 0.591 e. The van der Waals surface area contributed by atoms with Crippen molar-refractivity contribution in [2.24, 2.45) is 9.81 Å². The Morgan fingerprint density at radius 3 is 2.42 bits per heavy atom. The molecule has 1 spiro atoms. The molecule has 196 valence electrons. The third-order valence-electron chi connectivity index (χ3n) is 7.41. The van der Waals surface area contributed by atoms with Gasteiger partial charge in [0.2, 0.25) is 5.95 Å². The Morgan fingerprint density at radius 2 is 1.74 bits per heavy atom. The van der Waals surface area contributed by atoms with E-state index in [1.807, 2.05) is 39.8 Å². The van der Waals surface area contributed by atoms with Crippen LogP contribution in [0.3, 0.4) is 0 Å². The number of aromatic nitrogens is 2. The Hall–Kier alpha value is -2.63. The molecule has 0 bridgehead atoms. The van der Waals surface area contributed by atoms with Gasteiger partial charge in [-0.3, -0.25) is 0 Å². The van der Waals surface area contributed by atoms with Crippen molar-refractivity contribution in [3.8, 4) is 17.2 Å². The highest BCUT2D eigenvalue weighted by molar-refractivity contribution is 7.91. The average molecular weight is 567 g/mol. The normalized spacial score (nSPS) is 18.5. The molecule has 1 saturated heterocycles. The monoisotopic (exact) mass is 565 g/mol. The van der Waals surface area contributed by atoms with Crippen LogP contribution in [0.2, 0.25) is 10.0 Å². The number of hydrogen-bond acceptors (Lipinski definition) is 6. The molecule has 9 heteroatoms. The molecule has 1 unspecified atom stereocenters. The van der Waals surface area contributed by atoms with E-state index in [4.69, 9.17) is 32.6 Å². The Bertz CT molecular complexity index is 1470. The summed E-state index contributed by atoms with van der Waals surface area (Å²) in [5, 5.41) is 10.8. The zero-order valence-corrected chi connectivity index (χ0v) is 24.2. The highest BCUT2D eigenvalue weighted by Crippen LogP contribution is 2.46. The molecule has 1 aromatic heterocycles. The lowest BCUT2D eigenvalue weighted by Gasteiger charge is -2.39. The predicted molar refractivity (Wildman–Crippen MR) is 155 cm³/mol. The summed E-state index contributed by atoms with van der Waals surface area (Å²) in [4.78, 5) is 11.6. The molecule has 38 heavy (non-hydrogen) atoms. The maximum atomic E-state index is 13.1. The van der Waals surface area contributed by atoms with Gasteiger partial charge >= 0.3 is 0 Å². The molecule has 0 N–H and O–H groups in total. The lowest BCUT2D eigenvalue weighted by molar-refractivity contribution is 0.329. The minimum absolute atomic E-state index is 0.178. The van der Waals surface area contributed by atoms with Gasteiger partial charge in [-0.05, 0) is 58.6 Å². The molecule has 0 saturated carbocycles. The van der Waals surface area contributed by atoms with Crippen LogP contribution in [0.25, 0.3) is 11.1 Å². The molecule has 5 rings (SSSR count). The first kappa shape index (κ1) is 27.0. The molecule has 2 aliphatic rings. The number of nitriles is 1. The Morgan fingerprint density at radius 1 is 1.05 bits per heavy atom. The quantitative estimate of drug-likeness (QED) is 0.328. The van der Waals surface area contributed by atoms with Crippen LogP contribution >= 0.6 is 23.2 Å². The van der Waals surface area contributed by atoms with Gasteiger partial charge in [0.05, 0.1) is 15.7 Å². The number of nitrogens with zero attached hydrogens (tertiary/aromatic N) is 5. The molecule has 0 radical (unpaired) electrons. The van der Waals surface area contributed by atoms with Crippen molar-refractivity contribution in [2.45, 2.75) is 51.7 Å². The van der Waals surface area contributed by atoms with Gasteiger partial charge in [-0.25, -0.2) is 9.97 Å². The molecule has 3 aromatic rings. The SMILES string of the molecule is Cc1nc(N2CCC3(CC2)Cc2ccccc2/C3=N\[S+]([O-])C(C)(C)C)nc(C#N)c1-c1cccc(Cl)c1Cl. The fourth-order valence-electron chi connectivity index (χ4n) is 5.35. The molecule has 0 amide bonds. The molecule has 1 fully saturated rings. The van der Waals surface area contributed by atoms with Crippen LogP contribution < -0.4 is 4.90 Å². The summed E-state index contributed by atoms with van der Waals surface area (Å²) in [5.74, 6) is 0.531. The van der Waals surface area contributed by atoms with Crippen molar-refractivity contribution < 1.29 is 4.55 Å². The summed E-state index contributed by atoms with van der Waals surface area (Å²) in [6, 6.07) is 15.9. The van der Waals surface area contributed by atoms with E-state index in [-0.39, 0.29) is 11.1 Å². The highest BCUT2D eigenvalue weighted by Gasteiger charge is 2.47. The topological polar surface area (TPSA) is 88.2 Å². The van der Waals surface area contributed by atoms with E-state index in [2.05, 4.69) is 34.2 Å². The number of anilines is 1. The summed E-state index contributed by atoms with van der Waals surface area (Å²) < 4.78 is 17.5. The zero-order valence-electron chi connectivity index (χ0n) is 21.9. The number of aryl methyl sites for hydroxylation is 1. The first-order valence-electron chi connectivity index (χ1n) is 12.6. The number of piperidine rings is 1. The molecular weight excluding hydrogens is 537 g/mol. The summed E-state index contributed by atoms with van der Waals surface area (Å²) >= 11 is 11.3. The van der Waals surface area contributed by atoms with Crippen molar-refractivity contribution >= 4 is 46.2 Å². The summed E-state index contributed by atoms with van der Waals surface area (Å²) in [5.41, 5.74) is 5.34. The van der Waals surface area contributed by atoms with Gasteiger partial charge in [-0.2, -0.15) is 5.26 Å². The maximum Gasteiger partial charge on any atom is 0.226 e. The maximum absolute atomic E-state index is 13.1. The van der Waals surface area contributed by atoms with Crippen molar-refractivity contribution in [3.63, 3.8) is 0 Å². The standard InChI is InChI=1S/C29H29Cl2N5OS/c1-18-24(21-10-7-11-22(30)25(21)31)23(17-32)34-27(33-18)36-14-12-29(13-15-36)16-19-8-5-6-9-20(19)26(29)35-38(37)28(2,3)4/h5-11H,12-16H2,1-4H3/b35-26+. The van der Waals surface area contributed by atoms with Gasteiger partial charge in [0.1, 0.15) is 27.9 Å². The first-order chi connectivity index (χ1) is 18.0. The van der Waals surface area contributed by atoms with Crippen LogP contribution in [0, 0.1) is 23.7 Å². The van der Waals surface area contributed by atoms with Crippen molar-refractivity contribution in [1.29, 1.82) is 5.26 Å². The smallest absolute Gasteiger partial charge is 0.226 e. The molecule has 2 heterocycles. The second-order valence-electron chi connectivity index (χ2n) is 10.9. The minimum atomic E-state index is -1.35. The van der Waals surface area contributed by atoms with E-state index in [1.165, 1.54) is 5.56 Å². The van der Waals surface area contributed by atoms with Gasteiger partial charge in [0.25, 0.3) is 0 Å². The number of rotatable bonds is 3. The van der Waals surface area contributed by atoms with E-state index < -0.39 is 16.1 Å². The molecule has 6 nitrogen and oxygen atoms in total. The lowest BCUT2D eigenvalue weighted by Crippen LogP contribution is -2.45. The van der Waals surface area contributed by atoms with Crippen molar-refractivity contribution in [1.82, 2.24) is 9.97 Å². The van der Waals surface area contributed by atoms with Gasteiger partial charge in [-0.15, -0.1) is 0 Å². The second kappa shape index (κ2) is 10.2. The number of fused-ring (bicyclic) bond motifs is 1. The van der Waals surface area contributed by atoms with Crippen LogP contribution in [0.1, 0.15) is 56.1 Å². The predicted octanol–water partition coefficient (Wildman–Crippen LogP) is 6.72. The van der Waals surface area contributed by atoms with Crippen molar-refractivity contribution in [2.75, 3.05) is 18.0 Å². The van der Waals surface area contributed by atoms with E-state index >= 15 is 0 Å². The lowest BCUT2D eigenvalue weighted by atomic mass is 9.74. The summed E-state index contributed by atoms with van der Waals surface area (Å²) in [7, 11) is 0. The first-order valence-corrected chi connectivity index (χ1v) is 14.5. The molecule has 1 atom stereocenters. The molecule has 2 aromatic carbocycles. The van der Waals surface area contributed by atoms with Crippen LogP contribution in [-0.4, -0.2) is 38.1 Å². The fraction of sp³-hybridized carbons (Fsp3) is 0.379. The van der Waals surface area contributed by atoms with Crippen LogP contribution in [0.5, 0.6) is 0 Å². The van der Waals surface area contributed by atoms with Crippen molar-refractivity contribution in [3.05, 3.63) is 75.0 Å². The third-order valence-corrected chi connectivity index (χ3v) is 9.63. The number of halogens is 2. The van der Waals surface area contributed by atoms with Crippen LogP contribution in [-0.2, 0) is 17.8 Å². The van der Waals surface area contributed by atoms with Gasteiger partial charge in [-0.1, -0.05) is 64.0 Å². The van der Waals surface area contributed by atoms with E-state index in [0.717, 1.165) is 30.5 Å². The third kappa shape index (κ3) is 4.80. The van der Waals surface area contributed by atoms with Gasteiger partial charge in [0, 0.05) is 35.2 Å². The summed E-state index contributed by atoms with van der Waals surface area (Å²) in [6.45, 7) is 9.14. The summed E-state index contributed by atoms with van der Waals surface area (Å²) in [6.07, 6.45) is 2.54. The van der Waals surface area contributed by atoms with Crippen LogP contribution in [0.4, 0.5) is 5.95 Å². The second-order valence-corrected chi connectivity index (χ2v) is 13.6. The molecular formula is C29H29Cl2N5OS. The number of benzene rings is 2. The zero-order chi connectivity index (χ0) is 27.2.